The van der Waals surface area contributed by atoms with Crippen LogP contribution in [0.3, 0.4) is 0 Å². The van der Waals surface area contributed by atoms with E-state index >= 15 is 0 Å². The second-order valence-corrected chi connectivity index (χ2v) is 4.80. The highest BCUT2D eigenvalue weighted by molar-refractivity contribution is 7.08. The molecule has 1 aromatic heterocycles. The van der Waals surface area contributed by atoms with Crippen molar-refractivity contribution >= 4 is 17.4 Å². The zero-order valence-corrected chi connectivity index (χ0v) is 9.68. The number of rotatable bonds is 2. The molecule has 1 N–H and O–H groups in total. The molecule has 80 valence electrons. The summed E-state index contributed by atoms with van der Waals surface area (Å²) >= 11 is 1.05. The zero-order valence-electron chi connectivity index (χ0n) is 8.87. The third-order valence-corrected chi connectivity index (χ3v) is 2.46. The monoisotopic (exact) mass is 224 g/mol. The van der Waals surface area contributed by atoms with Gasteiger partial charge in [0.15, 0.2) is 0 Å². The second-order valence-electron chi connectivity index (χ2n) is 4.04. The van der Waals surface area contributed by atoms with Crippen LogP contribution >= 0.6 is 11.5 Å². The molecule has 1 amide bonds. The average molecular weight is 224 g/mol. The first-order valence-electron chi connectivity index (χ1n) is 4.45. The van der Waals surface area contributed by atoms with Crippen LogP contribution in [0.25, 0.3) is 0 Å². The third kappa shape index (κ3) is 2.73. The van der Waals surface area contributed by atoms with Gasteiger partial charge in [-0.1, -0.05) is 25.3 Å². The number of nitrogens with one attached hydrogen (secondary N) is 1. The van der Waals surface area contributed by atoms with Gasteiger partial charge in [-0.25, -0.2) is 0 Å². The fourth-order valence-electron chi connectivity index (χ4n) is 1.03. The summed E-state index contributed by atoms with van der Waals surface area (Å²) < 4.78 is 3.77. The SMILES string of the molecule is CC(C)(C)c1nnsc1C(=O)NCC#N. The standard InChI is InChI=1S/C9H12N4OS/c1-9(2,3)7-6(15-13-12-7)8(14)11-5-4-10/h5H2,1-3H3,(H,11,14). The van der Waals surface area contributed by atoms with Crippen LogP contribution in [0, 0.1) is 11.3 Å². The van der Waals surface area contributed by atoms with Gasteiger partial charge in [-0.05, 0) is 11.5 Å². The Balaban J connectivity index is 2.92. The summed E-state index contributed by atoms with van der Waals surface area (Å²) in [6.45, 7) is 5.89. The minimum Gasteiger partial charge on any atom is -0.338 e. The summed E-state index contributed by atoms with van der Waals surface area (Å²) in [5.74, 6) is -0.281. The third-order valence-electron chi connectivity index (χ3n) is 1.73. The van der Waals surface area contributed by atoms with Gasteiger partial charge in [0.1, 0.15) is 11.4 Å². The molecule has 15 heavy (non-hydrogen) atoms. The largest absolute Gasteiger partial charge is 0.338 e. The molecule has 0 aliphatic heterocycles. The molecule has 0 atom stereocenters. The fourth-order valence-corrected chi connectivity index (χ4v) is 1.82. The molecule has 1 heterocycles. The molecule has 0 aromatic carbocycles. The molecule has 0 fully saturated rings. The van der Waals surface area contributed by atoms with Crippen LogP contribution in [0.2, 0.25) is 0 Å². The molecule has 0 aliphatic rings. The van der Waals surface area contributed by atoms with E-state index in [4.69, 9.17) is 5.26 Å². The Morgan fingerprint density at radius 2 is 2.27 bits per heavy atom. The van der Waals surface area contributed by atoms with Crippen LogP contribution < -0.4 is 5.32 Å². The first-order valence-corrected chi connectivity index (χ1v) is 5.22. The lowest BCUT2D eigenvalue weighted by atomic mass is 9.91. The zero-order chi connectivity index (χ0) is 11.5. The quantitative estimate of drug-likeness (QED) is 0.763. The molecule has 6 heteroatoms. The summed E-state index contributed by atoms with van der Waals surface area (Å²) in [6.07, 6.45) is 0. The van der Waals surface area contributed by atoms with E-state index in [1.807, 2.05) is 26.8 Å². The van der Waals surface area contributed by atoms with Gasteiger partial charge in [0, 0.05) is 5.41 Å². The highest BCUT2D eigenvalue weighted by atomic mass is 32.1. The first kappa shape index (κ1) is 11.6. The number of hydrogen-bond donors (Lipinski definition) is 1. The van der Waals surface area contributed by atoms with Crippen molar-refractivity contribution in [2.75, 3.05) is 6.54 Å². The summed E-state index contributed by atoms with van der Waals surface area (Å²) in [7, 11) is 0. The van der Waals surface area contributed by atoms with Gasteiger partial charge in [0.2, 0.25) is 0 Å². The number of carbonyl (C=O) groups excluding carboxylic acids is 1. The van der Waals surface area contributed by atoms with E-state index in [0.717, 1.165) is 11.5 Å². The summed E-state index contributed by atoms with van der Waals surface area (Å²) in [4.78, 5) is 12.1. The van der Waals surface area contributed by atoms with Crippen LogP contribution in [-0.2, 0) is 5.41 Å². The lowest BCUT2D eigenvalue weighted by molar-refractivity contribution is 0.0960. The van der Waals surface area contributed by atoms with E-state index in [1.165, 1.54) is 0 Å². The maximum atomic E-state index is 11.6. The summed E-state index contributed by atoms with van der Waals surface area (Å²) in [6, 6.07) is 1.85. The van der Waals surface area contributed by atoms with Crippen LogP contribution in [0.5, 0.6) is 0 Å². The minimum atomic E-state index is -0.281. The number of aromatic nitrogens is 2. The van der Waals surface area contributed by atoms with E-state index in [9.17, 15) is 4.79 Å². The van der Waals surface area contributed by atoms with E-state index in [0.29, 0.717) is 10.6 Å². The van der Waals surface area contributed by atoms with Crippen LogP contribution in [0.4, 0.5) is 0 Å². The Kier molecular flexibility index (Phi) is 3.37. The fraction of sp³-hybridized carbons (Fsp3) is 0.556. The summed E-state index contributed by atoms with van der Waals surface area (Å²) in [5.41, 5.74) is 0.453. The number of hydrogen-bond acceptors (Lipinski definition) is 5. The van der Waals surface area contributed by atoms with Gasteiger partial charge in [0.25, 0.3) is 5.91 Å². The predicted molar refractivity (Wildman–Crippen MR) is 56.6 cm³/mol. The van der Waals surface area contributed by atoms with Crippen LogP contribution in [0.1, 0.15) is 36.1 Å². The minimum absolute atomic E-state index is 0.000314. The Morgan fingerprint density at radius 3 is 2.80 bits per heavy atom. The lowest BCUT2D eigenvalue weighted by Crippen LogP contribution is -2.26. The van der Waals surface area contributed by atoms with Crippen molar-refractivity contribution < 1.29 is 4.79 Å². The van der Waals surface area contributed by atoms with Crippen LogP contribution in [0.15, 0.2) is 0 Å². The summed E-state index contributed by atoms with van der Waals surface area (Å²) in [5, 5.41) is 14.8. The number of amides is 1. The molecule has 1 rings (SSSR count). The van der Waals surface area contributed by atoms with Gasteiger partial charge >= 0.3 is 0 Å². The topological polar surface area (TPSA) is 78.7 Å². The van der Waals surface area contributed by atoms with Gasteiger partial charge in [-0.2, -0.15) is 5.26 Å². The second kappa shape index (κ2) is 4.36. The molecule has 0 radical (unpaired) electrons. The van der Waals surface area contributed by atoms with Crippen molar-refractivity contribution in [3.63, 3.8) is 0 Å². The number of nitrogens with zero attached hydrogens (tertiary/aromatic N) is 3. The van der Waals surface area contributed by atoms with Crippen molar-refractivity contribution in [1.82, 2.24) is 14.9 Å². The molecule has 5 nitrogen and oxygen atoms in total. The smallest absolute Gasteiger partial charge is 0.265 e. The van der Waals surface area contributed by atoms with Crippen molar-refractivity contribution in [2.24, 2.45) is 0 Å². The highest BCUT2D eigenvalue weighted by Gasteiger charge is 2.25. The molecule has 0 saturated heterocycles. The van der Waals surface area contributed by atoms with Crippen molar-refractivity contribution in [1.29, 1.82) is 5.26 Å². The maximum Gasteiger partial charge on any atom is 0.265 e. The van der Waals surface area contributed by atoms with Gasteiger partial charge in [0.05, 0.1) is 11.8 Å². The van der Waals surface area contributed by atoms with E-state index in [2.05, 4.69) is 14.9 Å². The maximum absolute atomic E-state index is 11.6. The molecule has 0 bridgehead atoms. The molecule has 1 aromatic rings. The first-order chi connectivity index (χ1) is 6.96. The van der Waals surface area contributed by atoms with Crippen molar-refractivity contribution in [3.8, 4) is 6.07 Å². The van der Waals surface area contributed by atoms with E-state index in [-0.39, 0.29) is 17.9 Å². The van der Waals surface area contributed by atoms with Gasteiger partial charge in [-0.3, -0.25) is 4.79 Å². The number of nitriles is 1. The highest BCUT2D eigenvalue weighted by Crippen LogP contribution is 2.25. The van der Waals surface area contributed by atoms with Crippen molar-refractivity contribution in [3.05, 3.63) is 10.6 Å². The Bertz CT molecular complexity index is 399. The molecular formula is C9H12N4OS. The molecular weight excluding hydrogens is 212 g/mol. The predicted octanol–water partition coefficient (Wildman–Crippen LogP) is 1.09. The van der Waals surface area contributed by atoms with Crippen LogP contribution in [-0.4, -0.2) is 22.0 Å². The molecule has 0 spiro atoms. The Morgan fingerprint density at radius 1 is 1.60 bits per heavy atom. The van der Waals surface area contributed by atoms with E-state index in [1.54, 1.807) is 0 Å². The average Bonchev–Trinajstić information content (AvgIpc) is 2.61. The number of carbonyl (C=O) groups is 1. The normalized spacial score (nSPS) is 10.8. The molecule has 0 saturated carbocycles. The molecule has 0 unspecified atom stereocenters. The van der Waals surface area contributed by atoms with Gasteiger partial charge in [-0.15, -0.1) is 5.10 Å². The van der Waals surface area contributed by atoms with E-state index < -0.39 is 0 Å². The molecule has 0 aliphatic carbocycles. The lowest BCUT2D eigenvalue weighted by Gasteiger charge is -2.15. The Hall–Kier alpha value is -1.48. The Labute approximate surface area is 92.3 Å². The van der Waals surface area contributed by atoms with Crippen molar-refractivity contribution in [2.45, 2.75) is 26.2 Å². The van der Waals surface area contributed by atoms with Gasteiger partial charge < -0.3 is 5.32 Å².